The fourth-order valence-electron chi connectivity index (χ4n) is 5.48. The lowest BCUT2D eigenvalue weighted by atomic mass is 9.83. The van der Waals surface area contributed by atoms with Crippen LogP contribution in [0.1, 0.15) is 51.1 Å². The lowest BCUT2D eigenvalue weighted by molar-refractivity contribution is 0.109. The van der Waals surface area contributed by atoms with Crippen LogP contribution in [-0.2, 0) is 14.8 Å². The van der Waals surface area contributed by atoms with Crippen molar-refractivity contribution >= 4 is 27.6 Å². The predicted octanol–water partition coefficient (Wildman–Crippen LogP) is 2.59. The summed E-state index contributed by atoms with van der Waals surface area (Å²) in [4.78, 5) is 11.6. The second kappa shape index (κ2) is 9.90. The second-order valence-corrected chi connectivity index (χ2v) is 11.9. The molecule has 2 bridgehead atoms. The Morgan fingerprint density at radius 1 is 1.20 bits per heavy atom. The Morgan fingerprint density at radius 2 is 1.97 bits per heavy atom. The zero-order valence-corrected chi connectivity index (χ0v) is 21.4. The number of anilines is 3. The minimum absolute atomic E-state index is 0.0274. The van der Waals surface area contributed by atoms with Crippen molar-refractivity contribution in [2.24, 2.45) is 0 Å². The molecule has 3 aliphatic heterocycles. The summed E-state index contributed by atoms with van der Waals surface area (Å²) in [5, 5.41) is 10.4. The molecule has 0 saturated carbocycles. The number of piperidine rings is 2. The molecule has 1 unspecified atom stereocenters. The van der Waals surface area contributed by atoms with Gasteiger partial charge >= 0.3 is 0 Å². The van der Waals surface area contributed by atoms with Gasteiger partial charge in [-0.25, -0.2) is 8.42 Å². The molecule has 12 heteroatoms. The van der Waals surface area contributed by atoms with E-state index in [2.05, 4.69) is 20.4 Å². The maximum atomic E-state index is 12.8. The van der Waals surface area contributed by atoms with Crippen LogP contribution in [-0.4, -0.2) is 83.1 Å². The molecule has 4 atom stereocenters. The number of aromatic nitrogens is 4. The van der Waals surface area contributed by atoms with Crippen LogP contribution in [0.25, 0.3) is 0 Å². The quantitative estimate of drug-likeness (QED) is 0.557. The maximum absolute atomic E-state index is 12.8. The minimum Gasteiger partial charge on any atom is -0.472 e. The molecule has 2 aromatic heterocycles. The van der Waals surface area contributed by atoms with Gasteiger partial charge in [-0.2, -0.15) is 19.4 Å². The summed E-state index contributed by atoms with van der Waals surface area (Å²) >= 11 is 0. The van der Waals surface area contributed by atoms with Gasteiger partial charge in [0.05, 0.1) is 19.0 Å². The highest BCUT2D eigenvalue weighted by Crippen LogP contribution is 2.38. The Morgan fingerprint density at radius 3 is 2.60 bits per heavy atom. The van der Waals surface area contributed by atoms with E-state index >= 15 is 0 Å². The standard InChI is InChI=1S/C23H35N7O4S/c1-4-35(31,32)30-16-6-5-7-17(30)12-18(11-16)29(3)23-25-20(24-21-10-15(2)27-28-21)13-22(26-23)34-19-8-9-33-14-19/h10,13,16-19H,4-9,11-12,14H2,1-3H3,(H2,24,25,26,27,28)/t16-,17+,18?,19-/m0/s1. The number of hydrogen-bond acceptors (Lipinski definition) is 9. The molecule has 11 nitrogen and oxygen atoms in total. The Labute approximate surface area is 206 Å². The molecule has 3 fully saturated rings. The molecule has 0 radical (unpaired) electrons. The molecule has 0 spiro atoms. The van der Waals surface area contributed by atoms with Gasteiger partial charge in [-0.3, -0.25) is 5.10 Å². The van der Waals surface area contributed by atoms with Gasteiger partial charge in [-0.05, 0) is 39.5 Å². The lowest BCUT2D eigenvalue weighted by Crippen LogP contribution is -2.58. The van der Waals surface area contributed by atoms with E-state index in [1.807, 2.05) is 20.0 Å². The van der Waals surface area contributed by atoms with E-state index in [4.69, 9.17) is 19.4 Å². The number of aromatic amines is 1. The highest BCUT2D eigenvalue weighted by atomic mass is 32.2. The van der Waals surface area contributed by atoms with Gasteiger partial charge in [0.25, 0.3) is 0 Å². The molecular weight excluding hydrogens is 470 g/mol. The van der Waals surface area contributed by atoms with E-state index in [9.17, 15) is 8.42 Å². The molecule has 3 saturated heterocycles. The number of ether oxygens (including phenoxy) is 2. The summed E-state index contributed by atoms with van der Waals surface area (Å²) in [5.74, 6) is 2.44. The zero-order chi connectivity index (χ0) is 24.6. The van der Waals surface area contributed by atoms with Gasteiger partial charge in [0.15, 0.2) is 5.82 Å². The normalized spacial score (nSPS) is 27.1. The SMILES string of the molecule is CCS(=O)(=O)N1[C@@H]2CCC[C@H]1CC(N(C)c1nc(Nc3cc(C)[nH]n3)cc(O[C@H]3CCOC3)n1)C2. The van der Waals surface area contributed by atoms with Crippen molar-refractivity contribution in [3.05, 3.63) is 17.8 Å². The first-order valence-electron chi connectivity index (χ1n) is 12.5. The number of hydrogen-bond donors (Lipinski definition) is 2. The molecule has 35 heavy (non-hydrogen) atoms. The van der Waals surface area contributed by atoms with E-state index in [0.29, 0.717) is 36.7 Å². The summed E-state index contributed by atoms with van der Waals surface area (Å²) in [6.45, 7) is 4.90. The molecule has 5 heterocycles. The molecule has 0 amide bonds. The van der Waals surface area contributed by atoms with Crippen LogP contribution in [0.2, 0.25) is 0 Å². The van der Waals surface area contributed by atoms with Gasteiger partial charge in [0, 0.05) is 49.4 Å². The largest absolute Gasteiger partial charge is 0.472 e. The van der Waals surface area contributed by atoms with Crippen molar-refractivity contribution in [1.29, 1.82) is 0 Å². The van der Waals surface area contributed by atoms with Gasteiger partial charge in [-0.1, -0.05) is 6.42 Å². The van der Waals surface area contributed by atoms with Crippen molar-refractivity contribution in [3.63, 3.8) is 0 Å². The van der Waals surface area contributed by atoms with Gasteiger partial charge in [0.2, 0.25) is 21.9 Å². The highest BCUT2D eigenvalue weighted by molar-refractivity contribution is 7.89. The fourth-order valence-corrected chi connectivity index (χ4v) is 7.07. The molecule has 5 rings (SSSR count). The fraction of sp³-hybridized carbons (Fsp3) is 0.696. The van der Waals surface area contributed by atoms with E-state index < -0.39 is 10.0 Å². The second-order valence-electron chi connectivity index (χ2n) is 9.76. The highest BCUT2D eigenvalue weighted by Gasteiger charge is 2.45. The number of nitrogens with one attached hydrogen (secondary N) is 2. The van der Waals surface area contributed by atoms with E-state index in [-0.39, 0.29) is 30.0 Å². The van der Waals surface area contributed by atoms with E-state index in [0.717, 1.165) is 44.2 Å². The molecule has 3 aliphatic rings. The molecular formula is C23H35N7O4S. The maximum Gasteiger partial charge on any atom is 0.230 e. The monoisotopic (exact) mass is 505 g/mol. The Hall–Kier alpha value is -2.44. The van der Waals surface area contributed by atoms with Crippen molar-refractivity contribution in [3.8, 4) is 5.88 Å². The van der Waals surface area contributed by atoms with Crippen LogP contribution in [0.4, 0.5) is 17.6 Å². The number of sulfonamides is 1. The zero-order valence-electron chi connectivity index (χ0n) is 20.6. The van der Waals surface area contributed by atoms with Crippen molar-refractivity contribution in [1.82, 2.24) is 24.5 Å². The predicted molar refractivity (Wildman–Crippen MR) is 133 cm³/mol. The molecule has 2 aromatic rings. The summed E-state index contributed by atoms with van der Waals surface area (Å²) in [5.41, 5.74) is 0.943. The third-order valence-corrected chi connectivity index (χ3v) is 9.23. The molecule has 0 aliphatic carbocycles. The van der Waals surface area contributed by atoms with Gasteiger partial charge in [0.1, 0.15) is 11.9 Å². The average molecular weight is 506 g/mol. The van der Waals surface area contributed by atoms with Crippen molar-refractivity contribution in [2.45, 2.75) is 76.6 Å². The number of rotatable bonds is 8. The Kier molecular flexibility index (Phi) is 6.86. The molecule has 2 N–H and O–H groups in total. The molecule has 192 valence electrons. The van der Waals surface area contributed by atoms with Gasteiger partial charge in [-0.15, -0.1) is 0 Å². The number of nitrogens with zero attached hydrogens (tertiary/aromatic N) is 5. The number of H-pyrrole nitrogens is 1. The van der Waals surface area contributed by atoms with Crippen LogP contribution < -0.4 is 15.0 Å². The number of fused-ring (bicyclic) bond motifs is 2. The van der Waals surface area contributed by atoms with Crippen molar-refractivity contribution < 1.29 is 17.9 Å². The first-order valence-corrected chi connectivity index (χ1v) is 14.1. The van der Waals surface area contributed by atoms with E-state index in [1.54, 1.807) is 17.3 Å². The first-order chi connectivity index (χ1) is 16.8. The summed E-state index contributed by atoms with van der Waals surface area (Å²) in [6, 6.07) is 3.88. The van der Waals surface area contributed by atoms with E-state index in [1.165, 1.54) is 0 Å². The third-order valence-electron chi connectivity index (χ3n) is 7.26. The summed E-state index contributed by atoms with van der Waals surface area (Å²) in [6.07, 6.45) is 5.18. The van der Waals surface area contributed by atoms with Crippen LogP contribution in [0.15, 0.2) is 12.1 Å². The molecule has 0 aromatic carbocycles. The summed E-state index contributed by atoms with van der Waals surface area (Å²) < 4.78 is 39.0. The van der Waals surface area contributed by atoms with Crippen LogP contribution in [0, 0.1) is 6.92 Å². The third kappa shape index (κ3) is 5.24. The van der Waals surface area contributed by atoms with Crippen molar-refractivity contribution in [2.75, 3.05) is 36.2 Å². The summed E-state index contributed by atoms with van der Waals surface area (Å²) in [7, 11) is -1.23. The topological polar surface area (TPSA) is 126 Å². The first kappa shape index (κ1) is 24.3. The average Bonchev–Trinajstić information content (AvgIpc) is 3.49. The lowest BCUT2D eigenvalue weighted by Gasteiger charge is -2.49. The smallest absolute Gasteiger partial charge is 0.230 e. The Bertz CT molecular complexity index is 1120. The minimum atomic E-state index is -3.22. The van der Waals surface area contributed by atoms with Crippen LogP contribution in [0.5, 0.6) is 5.88 Å². The van der Waals surface area contributed by atoms with Crippen LogP contribution >= 0.6 is 0 Å². The Balaban J connectivity index is 1.40. The van der Waals surface area contributed by atoms with Gasteiger partial charge < -0.3 is 19.7 Å². The number of aryl methyl sites for hydroxylation is 1. The van der Waals surface area contributed by atoms with Crippen LogP contribution in [0.3, 0.4) is 0 Å².